The Balaban J connectivity index is 2.76. The summed E-state index contributed by atoms with van der Waals surface area (Å²) in [6, 6.07) is 8.93. The maximum absolute atomic E-state index is 12.3. The summed E-state index contributed by atoms with van der Waals surface area (Å²) in [6.07, 6.45) is 0. The van der Waals surface area contributed by atoms with Crippen molar-refractivity contribution in [2.24, 2.45) is 5.73 Å². The molecule has 1 rings (SSSR count). The van der Waals surface area contributed by atoms with Crippen LogP contribution in [0.1, 0.15) is 25.5 Å². The number of methoxy groups -OCH3 is 1. The van der Waals surface area contributed by atoms with Gasteiger partial charge in [-0.1, -0.05) is 30.3 Å². The molecule has 100 valence electrons. The Kier molecular flexibility index (Phi) is 5.82. The largest absolute Gasteiger partial charge is 0.383 e. The van der Waals surface area contributed by atoms with Crippen LogP contribution in [-0.4, -0.2) is 37.1 Å². The lowest BCUT2D eigenvalue weighted by atomic mass is 10.1. The molecule has 18 heavy (non-hydrogen) atoms. The molecule has 2 N–H and O–H groups in total. The average Bonchev–Trinajstić information content (AvgIpc) is 2.38. The van der Waals surface area contributed by atoms with E-state index in [9.17, 15) is 4.79 Å². The summed E-state index contributed by atoms with van der Waals surface area (Å²) in [5, 5.41) is 0. The molecule has 1 atom stereocenters. The molecule has 0 aromatic heterocycles. The number of hydrogen-bond acceptors (Lipinski definition) is 3. The Labute approximate surface area is 109 Å². The summed E-state index contributed by atoms with van der Waals surface area (Å²) in [4.78, 5) is 14.1. The minimum atomic E-state index is -0.606. The van der Waals surface area contributed by atoms with Crippen LogP contribution in [0.2, 0.25) is 0 Å². The molecular weight excluding hydrogens is 228 g/mol. The maximum Gasteiger partial charge on any atom is 0.244 e. The van der Waals surface area contributed by atoms with Gasteiger partial charge in [-0.15, -0.1) is 0 Å². The van der Waals surface area contributed by atoms with Crippen LogP contribution in [0.4, 0.5) is 0 Å². The quantitative estimate of drug-likeness (QED) is 0.833. The van der Waals surface area contributed by atoms with Crippen LogP contribution in [0.15, 0.2) is 30.3 Å². The molecule has 0 aliphatic rings. The molecular formula is C14H22N2O2. The third kappa shape index (κ3) is 3.82. The number of rotatable bonds is 6. The first-order chi connectivity index (χ1) is 8.57. The van der Waals surface area contributed by atoms with Crippen LogP contribution in [0.25, 0.3) is 0 Å². The van der Waals surface area contributed by atoms with Crippen molar-refractivity contribution in [2.75, 3.05) is 20.3 Å². The number of hydrogen-bond donors (Lipinski definition) is 1. The summed E-state index contributed by atoms with van der Waals surface area (Å²) < 4.78 is 5.02. The minimum absolute atomic E-state index is 0.0618. The van der Waals surface area contributed by atoms with Crippen LogP contribution in [0, 0.1) is 0 Å². The van der Waals surface area contributed by atoms with Gasteiger partial charge in [0.25, 0.3) is 0 Å². The molecule has 4 nitrogen and oxygen atoms in total. The van der Waals surface area contributed by atoms with Crippen molar-refractivity contribution >= 4 is 5.91 Å². The lowest BCUT2D eigenvalue weighted by Gasteiger charge is -2.29. The van der Waals surface area contributed by atoms with E-state index >= 15 is 0 Å². The lowest BCUT2D eigenvalue weighted by molar-refractivity contribution is -0.135. The number of nitrogens with zero attached hydrogens (tertiary/aromatic N) is 1. The van der Waals surface area contributed by atoms with E-state index in [0.717, 1.165) is 5.56 Å². The van der Waals surface area contributed by atoms with E-state index in [1.807, 2.05) is 44.2 Å². The van der Waals surface area contributed by atoms with Gasteiger partial charge in [0.15, 0.2) is 0 Å². The second-order valence-electron chi connectivity index (χ2n) is 4.51. The first-order valence-corrected chi connectivity index (χ1v) is 6.18. The van der Waals surface area contributed by atoms with Gasteiger partial charge in [-0.05, 0) is 19.4 Å². The Morgan fingerprint density at radius 1 is 1.33 bits per heavy atom. The van der Waals surface area contributed by atoms with Gasteiger partial charge < -0.3 is 15.4 Å². The highest BCUT2D eigenvalue weighted by molar-refractivity contribution is 5.83. The monoisotopic (exact) mass is 250 g/mol. The fourth-order valence-electron chi connectivity index (χ4n) is 1.79. The van der Waals surface area contributed by atoms with Crippen LogP contribution in [0.5, 0.6) is 0 Å². The number of carbonyl (C=O) groups is 1. The number of carbonyl (C=O) groups excluding carboxylic acids is 1. The standard InChI is InChI=1S/C14H22N2O2/c1-11(2)16(9-10-18-3)14(17)13(15)12-7-5-4-6-8-12/h4-8,11,13H,9-10,15H2,1-3H3/t13-/m0/s1. The van der Waals surface area contributed by atoms with Gasteiger partial charge in [-0.25, -0.2) is 0 Å². The van der Waals surface area contributed by atoms with Gasteiger partial charge in [0, 0.05) is 19.7 Å². The van der Waals surface area contributed by atoms with E-state index in [1.54, 1.807) is 12.0 Å². The Bertz CT molecular complexity index is 365. The molecule has 4 heteroatoms. The summed E-state index contributed by atoms with van der Waals surface area (Å²) in [5.74, 6) is -0.0618. The lowest BCUT2D eigenvalue weighted by Crippen LogP contribution is -2.44. The van der Waals surface area contributed by atoms with Crippen molar-refractivity contribution in [3.63, 3.8) is 0 Å². The van der Waals surface area contributed by atoms with Gasteiger partial charge >= 0.3 is 0 Å². The maximum atomic E-state index is 12.3. The predicted octanol–water partition coefficient (Wildman–Crippen LogP) is 1.57. The van der Waals surface area contributed by atoms with E-state index in [1.165, 1.54) is 0 Å². The first kappa shape index (κ1) is 14.7. The molecule has 0 saturated heterocycles. The zero-order chi connectivity index (χ0) is 13.5. The van der Waals surface area contributed by atoms with Crippen LogP contribution in [0.3, 0.4) is 0 Å². The molecule has 1 amide bonds. The molecule has 0 radical (unpaired) electrons. The van der Waals surface area contributed by atoms with Crippen molar-refractivity contribution in [3.8, 4) is 0 Å². The van der Waals surface area contributed by atoms with E-state index in [-0.39, 0.29) is 11.9 Å². The van der Waals surface area contributed by atoms with Crippen LogP contribution >= 0.6 is 0 Å². The number of nitrogens with two attached hydrogens (primary N) is 1. The molecule has 0 bridgehead atoms. The molecule has 0 unspecified atom stereocenters. The molecule has 0 fully saturated rings. The highest BCUT2D eigenvalue weighted by atomic mass is 16.5. The van der Waals surface area contributed by atoms with Gasteiger partial charge in [-0.2, -0.15) is 0 Å². The Hall–Kier alpha value is -1.39. The molecule has 0 heterocycles. The highest BCUT2D eigenvalue weighted by Gasteiger charge is 2.23. The van der Waals surface area contributed by atoms with Crippen molar-refractivity contribution in [1.29, 1.82) is 0 Å². The van der Waals surface area contributed by atoms with E-state index < -0.39 is 6.04 Å². The summed E-state index contributed by atoms with van der Waals surface area (Å²) in [5.41, 5.74) is 6.86. The zero-order valence-electron chi connectivity index (χ0n) is 11.3. The second-order valence-corrected chi connectivity index (χ2v) is 4.51. The smallest absolute Gasteiger partial charge is 0.244 e. The summed E-state index contributed by atoms with van der Waals surface area (Å²) in [7, 11) is 1.63. The minimum Gasteiger partial charge on any atom is -0.383 e. The topological polar surface area (TPSA) is 55.6 Å². The Morgan fingerprint density at radius 2 is 1.94 bits per heavy atom. The van der Waals surface area contributed by atoms with E-state index in [4.69, 9.17) is 10.5 Å². The number of ether oxygens (including phenoxy) is 1. The van der Waals surface area contributed by atoms with Crippen molar-refractivity contribution in [2.45, 2.75) is 25.9 Å². The van der Waals surface area contributed by atoms with Gasteiger partial charge in [0.1, 0.15) is 6.04 Å². The number of amides is 1. The SMILES string of the molecule is COCCN(C(=O)[C@@H](N)c1ccccc1)C(C)C. The van der Waals surface area contributed by atoms with Gasteiger partial charge in [-0.3, -0.25) is 4.79 Å². The van der Waals surface area contributed by atoms with Crippen LogP contribution in [-0.2, 0) is 9.53 Å². The predicted molar refractivity (Wildman–Crippen MR) is 72.1 cm³/mol. The normalized spacial score (nSPS) is 12.5. The van der Waals surface area contributed by atoms with Crippen molar-refractivity contribution in [1.82, 2.24) is 4.90 Å². The van der Waals surface area contributed by atoms with Gasteiger partial charge in [0.05, 0.1) is 6.61 Å². The summed E-state index contributed by atoms with van der Waals surface area (Å²) in [6.45, 7) is 5.04. The molecule has 0 aliphatic carbocycles. The second kappa shape index (κ2) is 7.13. The zero-order valence-corrected chi connectivity index (χ0v) is 11.3. The van der Waals surface area contributed by atoms with E-state index in [2.05, 4.69) is 0 Å². The number of benzene rings is 1. The highest BCUT2D eigenvalue weighted by Crippen LogP contribution is 2.14. The molecule has 0 spiro atoms. The summed E-state index contributed by atoms with van der Waals surface area (Å²) >= 11 is 0. The van der Waals surface area contributed by atoms with Crippen molar-refractivity contribution < 1.29 is 9.53 Å². The van der Waals surface area contributed by atoms with Crippen molar-refractivity contribution in [3.05, 3.63) is 35.9 Å². The third-order valence-electron chi connectivity index (χ3n) is 2.87. The third-order valence-corrected chi connectivity index (χ3v) is 2.87. The molecule has 0 aliphatic heterocycles. The molecule has 1 aromatic rings. The average molecular weight is 250 g/mol. The van der Waals surface area contributed by atoms with Gasteiger partial charge in [0.2, 0.25) is 5.91 Å². The fraction of sp³-hybridized carbons (Fsp3) is 0.500. The van der Waals surface area contributed by atoms with Crippen LogP contribution < -0.4 is 5.73 Å². The van der Waals surface area contributed by atoms with E-state index in [0.29, 0.717) is 13.2 Å². The fourth-order valence-corrected chi connectivity index (χ4v) is 1.79. The molecule has 0 saturated carbocycles. The first-order valence-electron chi connectivity index (χ1n) is 6.18. The molecule has 1 aromatic carbocycles. The Morgan fingerprint density at radius 3 is 2.44 bits per heavy atom.